The lowest BCUT2D eigenvalue weighted by Gasteiger charge is -2.31. The average molecular weight is 484 g/mol. The number of aromatic nitrogens is 1. The van der Waals surface area contributed by atoms with E-state index in [0.717, 1.165) is 35.2 Å². The number of nitrogens with zero attached hydrogens (tertiary/aromatic N) is 2. The maximum absolute atomic E-state index is 13.1. The molecular formula is C29H29N3O4. The molecule has 0 saturated carbocycles. The van der Waals surface area contributed by atoms with Crippen LogP contribution in [0.2, 0.25) is 0 Å². The van der Waals surface area contributed by atoms with Crippen molar-refractivity contribution < 1.29 is 18.7 Å². The molecule has 0 radical (unpaired) electrons. The molecule has 3 aromatic carbocycles. The van der Waals surface area contributed by atoms with Crippen LogP contribution in [0.15, 0.2) is 77.2 Å². The molecule has 1 aliphatic heterocycles. The normalized spacial score (nSPS) is 14.1. The van der Waals surface area contributed by atoms with Gasteiger partial charge in [-0.05, 0) is 66.8 Å². The predicted octanol–water partition coefficient (Wildman–Crippen LogP) is 5.06. The van der Waals surface area contributed by atoms with Crippen LogP contribution in [0.5, 0.6) is 5.75 Å². The van der Waals surface area contributed by atoms with Gasteiger partial charge < -0.3 is 19.4 Å². The number of nitrogens with one attached hydrogen (secondary N) is 1. The quantitative estimate of drug-likeness (QED) is 0.397. The predicted molar refractivity (Wildman–Crippen MR) is 138 cm³/mol. The van der Waals surface area contributed by atoms with Gasteiger partial charge in [-0.3, -0.25) is 9.59 Å². The molecule has 1 fully saturated rings. The van der Waals surface area contributed by atoms with Crippen LogP contribution in [0.25, 0.3) is 22.6 Å². The van der Waals surface area contributed by atoms with Gasteiger partial charge in [-0.25, -0.2) is 4.98 Å². The van der Waals surface area contributed by atoms with Crippen LogP contribution in [0.4, 0.5) is 0 Å². The molecule has 1 N–H and O–H groups in total. The Hall–Kier alpha value is -4.13. The molecule has 0 unspecified atom stereocenters. The second-order valence-corrected chi connectivity index (χ2v) is 9.14. The first-order valence-corrected chi connectivity index (χ1v) is 12.2. The van der Waals surface area contributed by atoms with E-state index in [1.54, 1.807) is 19.2 Å². The fraction of sp³-hybridized carbons (Fsp3) is 0.276. The van der Waals surface area contributed by atoms with Crippen molar-refractivity contribution in [2.24, 2.45) is 5.92 Å². The number of likely N-dealkylation sites (tertiary alicyclic amines) is 1. The molecule has 0 atom stereocenters. The van der Waals surface area contributed by atoms with Crippen molar-refractivity contribution in [3.63, 3.8) is 0 Å². The summed E-state index contributed by atoms with van der Waals surface area (Å²) in [6, 6.07) is 22.8. The molecule has 4 aromatic rings. The number of carbonyl (C=O) groups is 2. The Morgan fingerprint density at radius 3 is 2.61 bits per heavy atom. The van der Waals surface area contributed by atoms with E-state index in [9.17, 15) is 9.59 Å². The Morgan fingerprint density at radius 2 is 1.83 bits per heavy atom. The minimum Gasteiger partial charge on any atom is -0.497 e. The average Bonchev–Trinajstić information content (AvgIpc) is 3.36. The van der Waals surface area contributed by atoms with Crippen LogP contribution >= 0.6 is 0 Å². The van der Waals surface area contributed by atoms with E-state index < -0.39 is 0 Å². The molecule has 7 heteroatoms. The van der Waals surface area contributed by atoms with E-state index in [4.69, 9.17) is 9.15 Å². The summed E-state index contributed by atoms with van der Waals surface area (Å²) in [4.78, 5) is 32.0. The van der Waals surface area contributed by atoms with Gasteiger partial charge in [0.15, 0.2) is 5.58 Å². The van der Waals surface area contributed by atoms with Gasteiger partial charge in [0.25, 0.3) is 5.91 Å². The summed E-state index contributed by atoms with van der Waals surface area (Å²) in [6.07, 6.45) is 2.08. The lowest BCUT2D eigenvalue weighted by atomic mass is 9.92. The minimum atomic E-state index is -0.0181. The van der Waals surface area contributed by atoms with Crippen molar-refractivity contribution in [3.8, 4) is 17.2 Å². The summed E-state index contributed by atoms with van der Waals surface area (Å²) in [7, 11) is 1.63. The number of hydrogen-bond acceptors (Lipinski definition) is 5. The minimum absolute atomic E-state index is 0.0181. The van der Waals surface area contributed by atoms with Crippen LogP contribution < -0.4 is 10.1 Å². The first-order valence-electron chi connectivity index (χ1n) is 12.2. The monoisotopic (exact) mass is 483 g/mol. The summed E-state index contributed by atoms with van der Waals surface area (Å²) in [5.74, 6) is 1.60. The van der Waals surface area contributed by atoms with Gasteiger partial charge in [-0.1, -0.05) is 30.3 Å². The Balaban J connectivity index is 1.14. The number of rotatable bonds is 7. The lowest BCUT2D eigenvalue weighted by Crippen LogP contribution is -2.39. The molecule has 5 rings (SSSR count). The molecule has 1 aliphatic rings. The molecule has 2 amide bonds. The largest absolute Gasteiger partial charge is 0.497 e. The molecular weight excluding hydrogens is 454 g/mol. The van der Waals surface area contributed by atoms with Gasteiger partial charge >= 0.3 is 0 Å². The van der Waals surface area contributed by atoms with Gasteiger partial charge in [0.1, 0.15) is 11.3 Å². The fourth-order valence-corrected chi connectivity index (χ4v) is 4.60. The number of methoxy groups -OCH3 is 1. The molecule has 1 saturated heterocycles. The number of piperidine rings is 1. The summed E-state index contributed by atoms with van der Waals surface area (Å²) < 4.78 is 11.2. The smallest absolute Gasteiger partial charge is 0.253 e. The highest BCUT2D eigenvalue weighted by Gasteiger charge is 2.25. The number of oxazole rings is 1. The van der Waals surface area contributed by atoms with Crippen molar-refractivity contribution in [1.82, 2.24) is 15.2 Å². The van der Waals surface area contributed by atoms with Crippen molar-refractivity contribution in [2.45, 2.75) is 25.8 Å². The molecule has 7 nitrogen and oxygen atoms in total. The summed E-state index contributed by atoms with van der Waals surface area (Å²) >= 11 is 0. The van der Waals surface area contributed by atoms with E-state index in [2.05, 4.69) is 10.3 Å². The Kier molecular flexibility index (Phi) is 6.98. The molecule has 1 aromatic heterocycles. The van der Waals surface area contributed by atoms with Crippen LogP contribution in [-0.4, -0.2) is 41.9 Å². The van der Waals surface area contributed by atoms with Crippen molar-refractivity contribution in [2.75, 3.05) is 20.2 Å². The zero-order valence-corrected chi connectivity index (χ0v) is 20.3. The highest BCUT2D eigenvalue weighted by molar-refractivity contribution is 5.97. The van der Waals surface area contributed by atoms with E-state index in [1.165, 1.54) is 0 Å². The zero-order chi connectivity index (χ0) is 24.9. The molecule has 0 spiro atoms. The molecule has 184 valence electrons. The zero-order valence-electron chi connectivity index (χ0n) is 20.3. The summed E-state index contributed by atoms with van der Waals surface area (Å²) in [5, 5.41) is 3.00. The third-order valence-electron chi connectivity index (χ3n) is 6.66. The van der Waals surface area contributed by atoms with Crippen molar-refractivity contribution in [3.05, 3.63) is 83.9 Å². The SMILES string of the molecule is COc1cccc(CNC(=O)CC2CCN(C(=O)c3ccc4nc(-c5ccccc5)oc4c3)CC2)c1. The number of fused-ring (bicyclic) bond motifs is 1. The third kappa shape index (κ3) is 5.40. The Bertz CT molecular complexity index is 1360. The fourth-order valence-electron chi connectivity index (χ4n) is 4.60. The number of ether oxygens (including phenoxy) is 1. The van der Waals surface area contributed by atoms with Gasteiger partial charge in [0.2, 0.25) is 11.8 Å². The first-order chi connectivity index (χ1) is 17.6. The number of benzene rings is 3. The Morgan fingerprint density at radius 1 is 1.03 bits per heavy atom. The van der Waals surface area contributed by atoms with Gasteiger partial charge in [0, 0.05) is 37.2 Å². The highest BCUT2D eigenvalue weighted by atomic mass is 16.5. The number of hydrogen-bond donors (Lipinski definition) is 1. The number of carbonyl (C=O) groups excluding carboxylic acids is 2. The topological polar surface area (TPSA) is 84.7 Å². The second-order valence-electron chi connectivity index (χ2n) is 9.14. The van der Waals surface area contributed by atoms with E-state index in [-0.39, 0.29) is 17.7 Å². The maximum Gasteiger partial charge on any atom is 0.253 e. The van der Waals surface area contributed by atoms with Gasteiger partial charge in [0.05, 0.1) is 7.11 Å². The second kappa shape index (κ2) is 10.6. The van der Waals surface area contributed by atoms with Gasteiger partial charge in [-0.2, -0.15) is 0 Å². The molecule has 0 bridgehead atoms. The van der Waals surface area contributed by atoms with Crippen LogP contribution in [0.1, 0.15) is 35.2 Å². The van der Waals surface area contributed by atoms with Crippen molar-refractivity contribution >= 4 is 22.9 Å². The lowest BCUT2D eigenvalue weighted by molar-refractivity contribution is -0.122. The molecule has 0 aliphatic carbocycles. The molecule has 36 heavy (non-hydrogen) atoms. The maximum atomic E-state index is 13.1. The van der Waals surface area contributed by atoms with Crippen LogP contribution in [0.3, 0.4) is 0 Å². The number of amides is 2. The van der Waals surface area contributed by atoms with Gasteiger partial charge in [-0.15, -0.1) is 0 Å². The summed E-state index contributed by atoms with van der Waals surface area (Å²) in [5.41, 5.74) is 3.82. The van der Waals surface area contributed by atoms with E-state index in [1.807, 2.05) is 65.6 Å². The molecule has 2 heterocycles. The van der Waals surface area contributed by atoms with Crippen LogP contribution in [-0.2, 0) is 11.3 Å². The van der Waals surface area contributed by atoms with E-state index >= 15 is 0 Å². The third-order valence-corrected chi connectivity index (χ3v) is 6.66. The first kappa shape index (κ1) is 23.6. The van der Waals surface area contributed by atoms with E-state index in [0.29, 0.717) is 43.1 Å². The Labute approximate surface area is 210 Å². The van der Waals surface area contributed by atoms with Crippen molar-refractivity contribution in [1.29, 1.82) is 0 Å². The summed E-state index contributed by atoms with van der Waals surface area (Å²) in [6.45, 7) is 1.75. The standard InChI is InChI=1S/C29H29N3O4/c1-35-24-9-5-6-21(16-24)19-30-27(33)17-20-12-14-32(15-13-20)29(34)23-10-11-25-26(18-23)36-28(31-25)22-7-3-2-4-8-22/h2-11,16,18,20H,12-15,17,19H2,1H3,(H,30,33). The van der Waals surface area contributed by atoms with Crippen LogP contribution in [0, 0.1) is 5.92 Å². The highest BCUT2D eigenvalue weighted by Crippen LogP contribution is 2.27.